The molecule has 0 aliphatic rings. The highest BCUT2D eigenvalue weighted by Gasteiger charge is 2.13. The van der Waals surface area contributed by atoms with Gasteiger partial charge in [0.25, 0.3) is 0 Å². The molecule has 0 aromatic heterocycles. The summed E-state index contributed by atoms with van der Waals surface area (Å²) in [4.78, 5) is 10.1. The molecule has 0 spiro atoms. The minimum absolute atomic E-state index is 0.497. The SMILES string of the molecule is Cc1cc(C)cc(CC(Br)C(=O)O)c1. The van der Waals surface area contributed by atoms with Gasteiger partial charge in [-0.15, -0.1) is 0 Å². The van der Waals surface area contributed by atoms with Crippen molar-refractivity contribution in [2.75, 3.05) is 0 Å². The van der Waals surface area contributed by atoms with Crippen LogP contribution >= 0.6 is 15.9 Å². The summed E-state index contributed by atoms with van der Waals surface area (Å²) in [5.74, 6) is -0.816. The Balaban J connectivity index is 2.81. The number of halogens is 1. The standard InChI is InChI=1S/C11H13BrO2/c1-7-3-8(2)5-9(4-7)6-10(12)11(13)14/h3-5,10H,6H2,1-2H3,(H,13,14). The van der Waals surface area contributed by atoms with Gasteiger partial charge in [-0.2, -0.15) is 0 Å². The van der Waals surface area contributed by atoms with Crippen LogP contribution in [0.15, 0.2) is 18.2 Å². The molecule has 1 aromatic rings. The van der Waals surface area contributed by atoms with Gasteiger partial charge in [0, 0.05) is 0 Å². The monoisotopic (exact) mass is 256 g/mol. The van der Waals surface area contributed by atoms with E-state index in [2.05, 4.69) is 22.0 Å². The third kappa shape index (κ3) is 3.14. The zero-order valence-electron chi connectivity index (χ0n) is 8.25. The summed E-state index contributed by atoms with van der Waals surface area (Å²) in [6.45, 7) is 4.03. The number of carboxylic acids is 1. The third-order valence-corrected chi connectivity index (χ3v) is 2.68. The highest BCUT2D eigenvalue weighted by molar-refractivity contribution is 9.10. The molecule has 0 saturated carbocycles. The van der Waals surface area contributed by atoms with Gasteiger partial charge in [-0.05, 0) is 25.8 Å². The Morgan fingerprint density at radius 2 is 1.86 bits per heavy atom. The van der Waals surface area contributed by atoms with E-state index in [4.69, 9.17) is 5.11 Å². The minimum Gasteiger partial charge on any atom is -0.480 e. The van der Waals surface area contributed by atoms with Crippen molar-refractivity contribution in [2.24, 2.45) is 0 Å². The average molecular weight is 257 g/mol. The Labute approximate surface area is 92.1 Å². The molecule has 2 nitrogen and oxygen atoms in total. The molecule has 1 aromatic carbocycles. The first kappa shape index (κ1) is 11.2. The zero-order valence-corrected chi connectivity index (χ0v) is 9.84. The number of aryl methyl sites for hydroxylation is 2. The molecule has 0 heterocycles. The molecule has 1 atom stereocenters. The van der Waals surface area contributed by atoms with Crippen molar-refractivity contribution in [1.82, 2.24) is 0 Å². The van der Waals surface area contributed by atoms with Crippen molar-refractivity contribution in [2.45, 2.75) is 25.1 Å². The fraction of sp³-hybridized carbons (Fsp3) is 0.364. The van der Waals surface area contributed by atoms with Crippen molar-refractivity contribution in [1.29, 1.82) is 0 Å². The van der Waals surface area contributed by atoms with Crippen molar-refractivity contribution < 1.29 is 9.90 Å². The fourth-order valence-electron chi connectivity index (χ4n) is 1.48. The first-order chi connectivity index (χ1) is 6.49. The Hall–Kier alpha value is -0.830. The molecule has 0 fully saturated rings. The molecular formula is C11H13BrO2. The lowest BCUT2D eigenvalue weighted by Gasteiger charge is -2.06. The van der Waals surface area contributed by atoms with Crippen LogP contribution in [0, 0.1) is 13.8 Å². The first-order valence-electron chi connectivity index (χ1n) is 4.43. The van der Waals surface area contributed by atoms with E-state index >= 15 is 0 Å². The predicted molar refractivity (Wildman–Crippen MR) is 60.0 cm³/mol. The quantitative estimate of drug-likeness (QED) is 0.845. The van der Waals surface area contributed by atoms with Gasteiger partial charge in [-0.25, -0.2) is 0 Å². The number of benzene rings is 1. The van der Waals surface area contributed by atoms with Crippen molar-refractivity contribution in [3.8, 4) is 0 Å². The number of rotatable bonds is 3. The van der Waals surface area contributed by atoms with E-state index < -0.39 is 10.8 Å². The van der Waals surface area contributed by atoms with Crippen molar-refractivity contribution in [3.05, 3.63) is 34.9 Å². The third-order valence-electron chi connectivity index (χ3n) is 1.96. The van der Waals surface area contributed by atoms with Gasteiger partial charge in [0.2, 0.25) is 0 Å². The molecule has 76 valence electrons. The minimum atomic E-state index is -0.816. The van der Waals surface area contributed by atoms with Crippen LogP contribution < -0.4 is 0 Å². The first-order valence-corrected chi connectivity index (χ1v) is 5.34. The molecule has 0 aliphatic carbocycles. The molecule has 3 heteroatoms. The van der Waals surface area contributed by atoms with Crippen LogP contribution in [0.4, 0.5) is 0 Å². The maximum atomic E-state index is 10.6. The zero-order chi connectivity index (χ0) is 10.7. The van der Waals surface area contributed by atoms with Gasteiger partial charge >= 0.3 is 5.97 Å². The van der Waals surface area contributed by atoms with Crippen LogP contribution in [0.2, 0.25) is 0 Å². The molecule has 1 unspecified atom stereocenters. The molecule has 1 rings (SSSR count). The van der Waals surface area contributed by atoms with Gasteiger partial charge in [-0.3, -0.25) is 4.79 Å². The molecule has 0 aliphatic heterocycles. The second-order valence-electron chi connectivity index (χ2n) is 3.51. The molecule has 0 radical (unpaired) electrons. The fourth-order valence-corrected chi connectivity index (χ4v) is 1.85. The molecule has 0 bridgehead atoms. The van der Waals surface area contributed by atoms with E-state index in [1.807, 2.05) is 26.0 Å². The topological polar surface area (TPSA) is 37.3 Å². The van der Waals surface area contributed by atoms with Crippen LogP contribution in [-0.4, -0.2) is 15.9 Å². The van der Waals surface area contributed by atoms with Gasteiger partial charge in [0.15, 0.2) is 0 Å². The lowest BCUT2D eigenvalue weighted by Crippen LogP contribution is -2.15. The Bertz CT molecular complexity index is 327. The largest absolute Gasteiger partial charge is 0.480 e. The van der Waals surface area contributed by atoms with Crippen LogP contribution in [0.1, 0.15) is 16.7 Å². The van der Waals surface area contributed by atoms with E-state index in [0.29, 0.717) is 6.42 Å². The van der Waals surface area contributed by atoms with Crippen LogP contribution in [0.3, 0.4) is 0 Å². The van der Waals surface area contributed by atoms with Gasteiger partial charge in [0.05, 0.1) is 0 Å². The van der Waals surface area contributed by atoms with Crippen LogP contribution in [0.5, 0.6) is 0 Å². The summed E-state index contributed by atoms with van der Waals surface area (Å²) in [5, 5.41) is 8.74. The molecule has 0 saturated heterocycles. The van der Waals surface area contributed by atoms with E-state index in [-0.39, 0.29) is 0 Å². The normalized spacial score (nSPS) is 12.5. The summed E-state index contributed by atoms with van der Waals surface area (Å²) in [6.07, 6.45) is 0.526. The number of alkyl halides is 1. The summed E-state index contributed by atoms with van der Waals surface area (Å²) in [5.41, 5.74) is 3.40. The van der Waals surface area contributed by atoms with Crippen molar-refractivity contribution >= 4 is 21.9 Å². The summed E-state index contributed by atoms with van der Waals surface area (Å²) < 4.78 is 0. The van der Waals surface area contributed by atoms with E-state index in [1.54, 1.807) is 0 Å². The number of aliphatic carboxylic acids is 1. The second-order valence-corrected chi connectivity index (χ2v) is 4.61. The number of carbonyl (C=O) groups is 1. The van der Waals surface area contributed by atoms with Gasteiger partial charge in [0.1, 0.15) is 4.83 Å². The summed E-state index contributed by atoms with van der Waals surface area (Å²) in [6, 6.07) is 6.11. The summed E-state index contributed by atoms with van der Waals surface area (Å²) >= 11 is 3.13. The molecule has 1 N–H and O–H groups in total. The maximum absolute atomic E-state index is 10.6. The number of hydrogen-bond acceptors (Lipinski definition) is 1. The van der Waals surface area contributed by atoms with E-state index in [9.17, 15) is 4.79 Å². The average Bonchev–Trinajstić information content (AvgIpc) is 2.01. The maximum Gasteiger partial charge on any atom is 0.317 e. The van der Waals surface area contributed by atoms with Crippen LogP contribution in [0.25, 0.3) is 0 Å². The molecule has 14 heavy (non-hydrogen) atoms. The Morgan fingerprint density at radius 3 is 2.29 bits per heavy atom. The van der Waals surface area contributed by atoms with E-state index in [0.717, 1.165) is 5.56 Å². The molecular weight excluding hydrogens is 244 g/mol. The Kier molecular flexibility index (Phi) is 3.69. The lowest BCUT2D eigenvalue weighted by molar-refractivity contribution is -0.136. The van der Waals surface area contributed by atoms with Crippen molar-refractivity contribution in [3.63, 3.8) is 0 Å². The van der Waals surface area contributed by atoms with Gasteiger partial charge in [-0.1, -0.05) is 45.3 Å². The smallest absolute Gasteiger partial charge is 0.317 e. The molecule has 0 amide bonds. The Morgan fingerprint density at radius 1 is 1.36 bits per heavy atom. The number of carboxylic acid groups (broad SMARTS) is 1. The lowest BCUT2D eigenvalue weighted by atomic mass is 10.0. The summed E-state index contributed by atoms with van der Waals surface area (Å²) in [7, 11) is 0. The second kappa shape index (κ2) is 4.60. The van der Waals surface area contributed by atoms with E-state index in [1.165, 1.54) is 11.1 Å². The van der Waals surface area contributed by atoms with Gasteiger partial charge < -0.3 is 5.11 Å². The highest BCUT2D eigenvalue weighted by atomic mass is 79.9. The van der Waals surface area contributed by atoms with Crippen LogP contribution in [-0.2, 0) is 11.2 Å². The number of hydrogen-bond donors (Lipinski definition) is 1. The highest BCUT2D eigenvalue weighted by Crippen LogP contribution is 2.14. The predicted octanol–water partition coefficient (Wildman–Crippen LogP) is 2.69.